The minimum atomic E-state index is -2.85. The first-order chi connectivity index (χ1) is 29.6. The number of hydrogen-bond donors (Lipinski definition) is 2. The van der Waals surface area contributed by atoms with Crippen molar-refractivity contribution in [3.05, 3.63) is 82.4 Å². The number of rotatable bonds is 9. The van der Waals surface area contributed by atoms with Gasteiger partial charge in [0.1, 0.15) is 17.4 Å². The number of piperidine rings is 2. The van der Waals surface area contributed by atoms with Gasteiger partial charge in [-0.15, -0.1) is 0 Å². The molecule has 1 unspecified atom stereocenters. The zero-order valence-electron chi connectivity index (χ0n) is 34.5. The average Bonchev–Trinajstić information content (AvgIpc) is 3.96. The van der Waals surface area contributed by atoms with Crippen molar-refractivity contribution in [1.29, 1.82) is 0 Å². The van der Waals surface area contributed by atoms with Gasteiger partial charge in [0.25, 0.3) is 12.3 Å². The monoisotopic (exact) mass is 834 g/mol. The van der Waals surface area contributed by atoms with Crippen molar-refractivity contribution in [2.75, 3.05) is 62.6 Å². The summed E-state index contributed by atoms with van der Waals surface area (Å²) in [5, 5.41) is 14.1. The fourth-order valence-corrected chi connectivity index (χ4v) is 9.54. The Labute approximate surface area is 352 Å². The molecule has 1 atom stereocenters. The van der Waals surface area contributed by atoms with Crippen molar-refractivity contribution in [3.8, 4) is 11.8 Å². The fourth-order valence-electron chi connectivity index (χ4n) is 9.54. The topological polar surface area (TPSA) is 143 Å². The van der Waals surface area contributed by atoms with E-state index in [9.17, 15) is 23.2 Å². The van der Waals surface area contributed by atoms with Crippen molar-refractivity contribution in [2.24, 2.45) is 13.0 Å². The molecule has 9 rings (SSSR count). The Kier molecular flexibility index (Phi) is 11.5. The standard InChI is InChI=1S/C44H52F2N12O3/c1-29-11-16-36(43(60)48-29)58-35-10-6-8-31(39(35)52(2)44(58)61)9-7-18-53-22-24-54(25-23-53)27-30-12-14-32(15-13-30)57-28-34(38(51-57)40(45)46)49-42(59)33-26-47-56-21-17-37(50-41(33)56)55-19-4-3-5-20-55/h6,8,10,17,21,26,28,30,32,36,40H,1,3-5,11-16,18-20,22-25,27H2,2H3,(H,48,60)(H,49,59). The Morgan fingerprint density at radius 3 is 2.52 bits per heavy atom. The number of alkyl halides is 2. The molecule has 0 radical (unpaired) electrons. The molecule has 4 fully saturated rings. The molecule has 5 aromatic rings. The van der Waals surface area contributed by atoms with Crippen LogP contribution >= 0.6 is 0 Å². The number of imidazole rings is 1. The second-order valence-electron chi connectivity index (χ2n) is 16.9. The highest BCUT2D eigenvalue weighted by Crippen LogP contribution is 2.36. The van der Waals surface area contributed by atoms with E-state index >= 15 is 0 Å². The highest BCUT2D eigenvalue weighted by atomic mass is 19.3. The number of amides is 2. The van der Waals surface area contributed by atoms with E-state index < -0.39 is 24.1 Å². The van der Waals surface area contributed by atoms with Crippen molar-refractivity contribution in [1.82, 2.24) is 48.6 Å². The van der Waals surface area contributed by atoms with Gasteiger partial charge in [-0.1, -0.05) is 24.5 Å². The van der Waals surface area contributed by atoms with Crippen molar-refractivity contribution in [3.63, 3.8) is 0 Å². The van der Waals surface area contributed by atoms with E-state index in [1.54, 1.807) is 33.3 Å². The number of para-hydroxylation sites is 1. The second kappa shape index (κ2) is 17.3. The molecule has 320 valence electrons. The summed E-state index contributed by atoms with van der Waals surface area (Å²) in [7, 11) is 1.73. The van der Waals surface area contributed by atoms with Crippen LogP contribution in [0.1, 0.15) is 97.9 Å². The van der Waals surface area contributed by atoms with Crippen LogP contribution in [0.5, 0.6) is 0 Å². The number of halogens is 2. The van der Waals surface area contributed by atoms with Gasteiger partial charge in [0.15, 0.2) is 11.3 Å². The number of aromatic nitrogens is 7. The Balaban J connectivity index is 0.768. The zero-order valence-corrected chi connectivity index (χ0v) is 34.5. The lowest BCUT2D eigenvalue weighted by Gasteiger charge is -2.37. The summed E-state index contributed by atoms with van der Waals surface area (Å²) in [6.07, 6.45) is 9.98. The Morgan fingerprint density at radius 1 is 1.00 bits per heavy atom. The van der Waals surface area contributed by atoms with Gasteiger partial charge < -0.3 is 20.4 Å². The summed E-state index contributed by atoms with van der Waals surface area (Å²) >= 11 is 0. The van der Waals surface area contributed by atoms with Crippen LogP contribution in [0.25, 0.3) is 16.7 Å². The predicted molar refractivity (Wildman–Crippen MR) is 228 cm³/mol. The lowest BCUT2D eigenvalue weighted by molar-refractivity contribution is -0.124. The van der Waals surface area contributed by atoms with E-state index in [0.717, 1.165) is 101 Å². The first kappa shape index (κ1) is 40.5. The van der Waals surface area contributed by atoms with Crippen LogP contribution in [-0.2, 0) is 11.8 Å². The lowest BCUT2D eigenvalue weighted by atomic mass is 9.85. The molecular formula is C44H52F2N12O3. The first-order valence-corrected chi connectivity index (χ1v) is 21.5. The van der Waals surface area contributed by atoms with Crippen LogP contribution in [0.2, 0.25) is 0 Å². The molecule has 15 nitrogen and oxygen atoms in total. The maximum absolute atomic E-state index is 14.3. The second-order valence-corrected chi connectivity index (χ2v) is 16.9. The lowest BCUT2D eigenvalue weighted by Crippen LogP contribution is -2.48. The van der Waals surface area contributed by atoms with Crippen LogP contribution in [0.4, 0.5) is 20.3 Å². The third kappa shape index (κ3) is 8.30. The van der Waals surface area contributed by atoms with Crippen LogP contribution in [-0.4, -0.2) is 107 Å². The van der Waals surface area contributed by atoms with E-state index in [0.29, 0.717) is 42.2 Å². The summed E-state index contributed by atoms with van der Waals surface area (Å²) in [5.41, 5.74) is 2.79. The average molecular weight is 835 g/mol. The number of piperazine rings is 1. The summed E-state index contributed by atoms with van der Waals surface area (Å²) in [5.74, 6) is 7.16. The van der Waals surface area contributed by atoms with Gasteiger partial charge in [-0.05, 0) is 81.9 Å². The number of benzene rings is 1. The Bertz CT molecular complexity index is 2580. The SMILES string of the molecule is C=C1CCC(n2c(=O)n(C)c3c(C#CCN4CCN(CC5CCC(n6cc(NC(=O)c7cnn8ccc(N9CCCCC9)nc78)c(C(F)F)n6)CC5)CC4)cccc32)C(=O)N1. The smallest absolute Gasteiger partial charge is 0.329 e. The molecule has 1 saturated carbocycles. The molecule has 4 aromatic heterocycles. The number of aryl methyl sites for hydroxylation is 1. The van der Waals surface area contributed by atoms with Gasteiger partial charge >= 0.3 is 5.69 Å². The van der Waals surface area contributed by atoms with E-state index in [-0.39, 0.29) is 28.9 Å². The van der Waals surface area contributed by atoms with Crippen molar-refractivity contribution < 1.29 is 18.4 Å². The van der Waals surface area contributed by atoms with Crippen LogP contribution < -0.4 is 21.2 Å². The number of nitrogens with zero attached hydrogens (tertiary/aromatic N) is 10. The van der Waals surface area contributed by atoms with Crippen molar-refractivity contribution in [2.45, 2.75) is 76.3 Å². The summed E-state index contributed by atoms with van der Waals surface area (Å²) in [6, 6.07) is 6.94. The number of carbonyl (C=O) groups excluding carboxylic acids is 2. The molecule has 17 heteroatoms. The minimum Gasteiger partial charge on any atom is -0.357 e. The number of anilines is 2. The molecule has 1 aliphatic carbocycles. The maximum atomic E-state index is 14.3. The molecule has 3 aliphatic heterocycles. The van der Waals surface area contributed by atoms with E-state index in [1.165, 1.54) is 17.1 Å². The molecule has 3 saturated heterocycles. The van der Waals surface area contributed by atoms with E-state index in [1.807, 2.05) is 24.3 Å². The van der Waals surface area contributed by atoms with Gasteiger partial charge in [-0.25, -0.2) is 23.1 Å². The molecule has 2 amide bonds. The van der Waals surface area contributed by atoms with Gasteiger partial charge in [0.2, 0.25) is 5.91 Å². The Morgan fingerprint density at radius 2 is 1.77 bits per heavy atom. The zero-order chi connectivity index (χ0) is 42.2. The number of carbonyl (C=O) groups is 2. The van der Waals surface area contributed by atoms with Gasteiger partial charge in [0, 0.05) is 71.0 Å². The quantitative estimate of drug-likeness (QED) is 0.194. The fraction of sp³-hybridized carbons (Fsp3) is 0.500. The Hall–Kier alpha value is -5.86. The van der Waals surface area contributed by atoms with Crippen LogP contribution in [0.15, 0.2) is 59.9 Å². The first-order valence-electron chi connectivity index (χ1n) is 21.5. The minimum absolute atomic E-state index is 0.00950. The maximum Gasteiger partial charge on any atom is 0.329 e. The normalized spacial score (nSPS) is 21.8. The molecule has 0 bridgehead atoms. The van der Waals surface area contributed by atoms with Crippen LogP contribution in [0.3, 0.4) is 0 Å². The number of allylic oxidation sites excluding steroid dienone is 1. The molecule has 61 heavy (non-hydrogen) atoms. The van der Waals surface area contributed by atoms with E-state index in [2.05, 4.69) is 54.0 Å². The molecule has 0 spiro atoms. The van der Waals surface area contributed by atoms with Gasteiger partial charge in [0.05, 0.1) is 41.1 Å². The molecule has 7 heterocycles. The third-order valence-electron chi connectivity index (χ3n) is 12.9. The van der Waals surface area contributed by atoms with Crippen LogP contribution in [0, 0.1) is 17.8 Å². The number of hydrogen-bond acceptors (Lipinski definition) is 9. The highest BCUT2D eigenvalue weighted by Gasteiger charge is 2.31. The van der Waals surface area contributed by atoms with Gasteiger partial charge in [-0.2, -0.15) is 10.2 Å². The van der Waals surface area contributed by atoms with E-state index in [4.69, 9.17) is 4.98 Å². The van der Waals surface area contributed by atoms with Gasteiger partial charge in [-0.3, -0.25) is 28.3 Å². The largest absolute Gasteiger partial charge is 0.357 e. The molecule has 4 aliphatic rings. The summed E-state index contributed by atoms with van der Waals surface area (Å²) < 4.78 is 34.9. The van der Waals surface area contributed by atoms with Crippen molar-refractivity contribution >= 4 is 40.0 Å². The molecular weight excluding hydrogens is 783 g/mol. The number of nitrogens with one attached hydrogen (secondary N) is 2. The molecule has 2 N–H and O–H groups in total. The third-order valence-corrected chi connectivity index (χ3v) is 12.9. The summed E-state index contributed by atoms with van der Waals surface area (Å²) in [6.45, 7) is 10.9. The molecule has 1 aromatic carbocycles. The highest BCUT2D eigenvalue weighted by molar-refractivity contribution is 6.08. The number of fused-ring (bicyclic) bond motifs is 2. The predicted octanol–water partition coefficient (Wildman–Crippen LogP) is 5.12. The summed E-state index contributed by atoms with van der Waals surface area (Å²) in [4.78, 5) is 51.4.